The lowest BCUT2D eigenvalue weighted by Gasteiger charge is -2.23. The van der Waals surface area contributed by atoms with Crippen molar-refractivity contribution in [3.8, 4) is 12.3 Å². The van der Waals surface area contributed by atoms with Gasteiger partial charge in [-0.1, -0.05) is 12.0 Å². The molecule has 2 aromatic carbocycles. The number of H-pyrrole nitrogens is 1. The van der Waals surface area contributed by atoms with Crippen molar-refractivity contribution < 1.29 is 14.3 Å². The zero-order valence-corrected chi connectivity index (χ0v) is 14.3. The summed E-state index contributed by atoms with van der Waals surface area (Å²) in [6.45, 7) is -0.119. The maximum absolute atomic E-state index is 12.7. The molecule has 0 radical (unpaired) electrons. The molecule has 0 unspecified atom stereocenters. The van der Waals surface area contributed by atoms with Gasteiger partial charge in [0.1, 0.15) is 12.5 Å². The van der Waals surface area contributed by atoms with Crippen LogP contribution in [0, 0.1) is 12.3 Å². The topological polar surface area (TPSA) is 86.3 Å². The van der Waals surface area contributed by atoms with Crippen LogP contribution in [0.2, 0.25) is 0 Å². The molecule has 0 amide bonds. The summed E-state index contributed by atoms with van der Waals surface area (Å²) in [6.07, 6.45) is 5.46. The van der Waals surface area contributed by atoms with Crippen molar-refractivity contribution in [2.24, 2.45) is 0 Å². The highest BCUT2D eigenvalue weighted by Gasteiger charge is 2.10. The summed E-state index contributed by atoms with van der Waals surface area (Å²) >= 11 is 0. The van der Waals surface area contributed by atoms with Crippen molar-refractivity contribution in [3.05, 3.63) is 69.8 Å². The Labute approximate surface area is 154 Å². The maximum atomic E-state index is 12.7. The van der Waals surface area contributed by atoms with Crippen molar-refractivity contribution >= 4 is 22.6 Å². The number of carbonyl (C=O) groups is 1. The van der Waals surface area contributed by atoms with Crippen LogP contribution in [0.1, 0.15) is 21.7 Å². The second kappa shape index (κ2) is 7.70. The van der Waals surface area contributed by atoms with E-state index in [0.29, 0.717) is 24.0 Å². The number of hydrogen-bond donors (Lipinski definition) is 2. The molecule has 136 valence electrons. The Bertz CT molecular complexity index is 1080. The van der Waals surface area contributed by atoms with Gasteiger partial charge in [-0.3, -0.25) is 4.79 Å². The van der Waals surface area contributed by atoms with Gasteiger partial charge in [0.05, 0.1) is 23.0 Å². The Hall–Kier alpha value is -3.66. The van der Waals surface area contributed by atoms with Gasteiger partial charge < -0.3 is 15.0 Å². The van der Waals surface area contributed by atoms with Gasteiger partial charge in [-0.25, -0.2) is 14.2 Å². The second-order valence-electron chi connectivity index (χ2n) is 5.91. The highest BCUT2D eigenvalue weighted by molar-refractivity contribution is 5.88. The van der Waals surface area contributed by atoms with Gasteiger partial charge in [-0.15, -0.1) is 6.42 Å². The number of carboxylic acids is 1. The summed E-state index contributed by atoms with van der Waals surface area (Å²) < 4.78 is 12.7. The molecular formula is C20H16FN3O3. The lowest BCUT2D eigenvalue weighted by atomic mass is 10.1. The number of anilines is 1. The van der Waals surface area contributed by atoms with E-state index in [1.807, 2.05) is 4.90 Å². The molecule has 2 N–H and O–H groups in total. The van der Waals surface area contributed by atoms with Crippen LogP contribution in [-0.4, -0.2) is 27.6 Å². The Balaban J connectivity index is 1.92. The van der Waals surface area contributed by atoms with E-state index >= 15 is 0 Å². The Morgan fingerprint density at radius 1 is 1.26 bits per heavy atom. The predicted molar refractivity (Wildman–Crippen MR) is 100 cm³/mol. The molecule has 1 aromatic heterocycles. The number of nitrogens with zero attached hydrogens (tertiary/aromatic N) is 2. The van der Waals surface area contributed by atoms with E-state index in [2.05, 4.69) is 15.9 Å². The van der Waals surface area contributed by atoms with Crippen LogP contribution in [0.25, 0.3) is 10.9 Å². The number of nitrogens with one attached hydrogen (secondary N) is 1. The number of aromatic amines is 1. The van der Waals surface area contributed by atoms with E-state index in [0.717, 1.165) is 11.3 Å². The molecule has 0 fully saturated rings. The summed E-state index contributed by atoms with van der Waals surface area (Å²) in [7, 11) is 0. The zero-order valence-electron chi connectivity index (χ0n) is 14.3. The van der Waals surface area contributed by atoms with E-state index < -0.39 is 18.2 Å². The number of rotatable bonds is 6. The van der Waals surface area contributed by atoms with Gasteiger partial charge in [-0.05, 0) is 42.0 Å². The van der Waals surface area contributed by atoms with Gasteiger partial charge in [0, 0.05) is 12.2 Å². The van der Waals surface area contributed by atoms with E-state index in [1.165, 1.54) is 12.1 Å². The van der Waals surface area contributed by atoms with E-state index in [1.54, 1.807) is 30.3 Å². The van der Waals surface area contributed by atoms with Gasteiger partial charge in [0.25, 0.3) is 5.56 Å². The third kappa shape index (κ3) is 3.96. The number of benzene rings is 2. The summed E-state index contributed by atoms with van der Waals surface area (Å²) in [5.74, 6) is 1.57. The minimum absolute atomic E-state index is 0.00673. The van der Waals surface area contributed by atoms with Crippen LogP contribution in [-0.2, 0) is 13.2 Å². The molecule has 1 heterocycles. The second-order valence-corrected chi connectivity index (χ2v) is 5.91. The largest absolute Gasteiger partial charge is 0.478 e. The molecule has 0 saturated heterocycles. The Morgan fingerprint density at radius 3 is 2.63 bits per heavy atom. The van der Waals surface area contributed by atoms with Crippen LogP contribution < -0.4 is 10.5 Å². The molecule has 0 aliphatic rings. The van der Waals surface area contributed by atoms with E-state index in [9.17, 15) is 14.0 Å². The lowest BCUT2D eigenvalue weighted by Crippen LogP contribution is -2.23. The van der Waals surface area contributed by atoms with Crippen molar-refractivity contribution in [2.75, 3.05) is 11.4 Å². The summed E-state index contributed by atoms with van der Waals surface area (Å²) in [5.41, 5.74) is 1.79. The molecule has 3 rings (SSSR count). The smallest absolute Gasteiger partial charge is 0.335 e. The number of halogens is 1. The van der Waals surface area contributed by atoms with Crippen molar-refractivity contribution in [2.45, 2.75) is 13.2 Å². The minimum atomic E-state index is -1.00. The third-order valence-corrected chi connectivity index (χ3v) is 4.08. The molecular weight excluding hydrogens is 349 g/mol. The van der Waals surface area contributed by atoms with E-state index in [4.69, 9.17) is 11.5 Å². The van der Waals surface area contributed by atoms with Crippen LogP contribution in [0.5, 0.6) is 0 Å². The molecule has 0 saturated carbocycles. The first kappa shape index (κ1) is 18.1. The highest BCUT2D eigenvalue weighted by Crippen LogP contribution is 2.19. The highest BCUT2D eigenvalue weighted by atomic mass is 19.1. The number of aromatic nitrogens is 2. The normalized spacial score (nSPS) is 10.5. The third-order valence-electron chi connectivity index (χ3n) is 4.08. The first-order valence-corrected chi connectivity index (χ1v) is 8.11. The SMILES string of the molecule is C#CCN(Cc1ccc2nc(CF)[nH]c(=O)c2c1)c1ccc(C(=O)O)cc1. The van der Waals surface area contributed by atoms with Crippen LogP contribution in [0.15, 0.2) is 47.3 Å². The monoisotopic (exact) mass is 365 g/mol. The number of terminal acetylenes is 1. The molecule has 0 bridgehead atoms. The standard InChI is InChI=1S/C20H16FN3O3/c1-2-9-24(15-6-4-14(5-7-15)20(26)27)12-13-3-8-17-16(10-13)19(25)23-18(11-21)22-17/h1,3-8,10H,9,11-12H2,(H,26,27)(H,22,23,25). The van der Waals surface area contributed by atoms with Crippen molar-refractivity contribution in [1.82, 2.24) is 9.97 Å². The number of fused-ring (bicyclic) bond motifs is 1. The molecule has 0 spiro atoms. The fourth-order valence-electron chi connectivity index (χ4n) is 2.78. The molecule has 0 aliphatic heterocycles. The van der Waals surface area contributed by atoms with E-state index in [-0.39, 0.29) is 11.4 Å². The Kier molecular flexibility index (Phi) is 5.18. The maximum Gasteiger partial charge on any atom is 0.335 e. The summed E-state index contributed by atoms with van der Waals surface area (Å²) in [6, 6.07) is 11.5. The molecule has 27 heavy (non-hydrogen) atoms. The molecule has 0 aliphatic carbocycles. The number of carboxylic acid groups (broad SMARTS) is 1. The lowest BCUT2D eigenvalue weighted by molar-refractivity contribution is 0.0697. The van der Waals surface area contributed by atoms with Crippen molar-refractivity contribution in [3.63, 3.8) is 0 Å². The number of hydrogen-bond acceptors (Lipinski definition) is 4. The molecule has 7 heteroatoms. The van der Waals surface area contributed by atoms with Crippen LogP contribution >= 0.6 is 0 Å². The average molecular weight is 365 g/mol. The molecule has 3 aromatic rings. The van der Waals surface area contributed by atoms with Crippen LogP contribution in [0.4, 0.5) is 10.1 Å². The Morgan fingerprint density at radius 2 is 2.00 bits per heavy atom. The fourth-order valence-corrected chi connectivity index (χ4v) is 2.78. The van der Waals surface area contributed by atoms with Crippen LogP contribution in [0.3, 0.4) is 0 Å². The summed E-state index contributed by atoms with van der Waals surface area (Å²) in [4.78, 5) is 31.5. The fraction of sp³-hybridized carbons (Fsp3) is 0.150. The quantitative estimate of drug-likeness (QED) is 0.656. The zero-order chi connectivity index (χ0) is 19.4. The first-order valence-electron chi connectivity index (χ1n) is 8.11. The minimum Gasteiger partial charge on any atom is -0.478 e. The van der Waals surface area contributed by atoms with Crippen molar-refractivity contribution in [1.29, 1.82) is 0 Å². The first-order chi connectivity index (χ1) is 13.0. The average Bonchev–Trinajstić information content (AvgIpc) is 2.68. The van der Waals surface area contributed by atoms with Gasteiger partial charge in [0.15, 0.2) is 0 Å². The van der Waals surface area contributed by atoms with Gasteiger partial charge >= 0.3 is 5.97 Å². The van der Waals surface area contributed by atoms with Gasteiger partial charge in [-0.2, -0.15) is 0 Å². The summed E-state index contributed by atoms with van der Waals surface area (Å²) in [5, 5.41) is 9.38. The molecule has 0 atom stereocenters. The molecule has 6 nitrogen and oxygen atoms in total. The predicted octanol–water partition coefficient (Wildman–Crippen LogP) is 2.73. The van der Waals surface area contributed by atoms with Gasteiger partial charge in [0.2, 0.25) is 0 Å². The number of alkyl halides is 1. The number of aromatic carboxylic acids is 1.